The van der Waals surface area contributed by atoms with E-state index in [9.17, 15) is 4.79 Å². The molecule has 2 atom stereocenters. The van der Waals surface area contributed by atoms with E-state index in [0.717, 1.165) is 6.54 Å². The standard InChI is InChI=1S/C7H14N2O2/c1-5-3-9-6(4-8-5)7(10)11-2/h5-6,8-9H,3-4H2,1-2H3/t5?,6-/m0/s1. The first-order valence-electron chi connectivity index (χ1n) is 3.78. The van der Waals surface area contributed by atoms with Gasteiger partial charge >= 0.3 is 5.97 Å². The molecule has 0 aromatic heterocycles. The molecule has 2 N–H and O–H groups in total. The van der Waals surface area contributed by atoms with Crippen LogP contribution in [0.4, 0.5) is 0 Å². The van der Waals surface area contributed by atoms with Gasteiger partial charge in [-0.05, 0) is 6.92 Å². The van der Waals surface area contributed by atoms with Crippen molar-refractivity contribution in [3.8, 4) is 0 Å². The maximum Gasteiger partial charge on any atom is 0.324 e. The third kappa shape index (κ3) is 2.17. The Labute approximate surface area is 66.3 Å². The van der Waals surface area contributed by atoms with Gasteiger partial charge in [0.15, 0.2) is 0 Å². The highest BCUT2D eigenvalue weighted by Gasteiger charge is 2.23. The van der Waals surface area contributed by atoms with Gasteiger partial charge in [-0.2, -0.15) is 0 Å². The molecule has 0 radical (unpaired) electrons. The smallest absolute Gasteiger partial charge is 0.324 e. The quantitative estimate of drug-likeness (QED) is 0.486. The molecule has 0 aliphatic carbocycles. The van der Waals surface area contributed by atoms with Crippen LogP contribution in [0.15, 0.2) is 0 Å². The molecule has 1 saturated heterocycles. The SMILES string of the molecule is COC(=O)[C@@H]1CNC(C)CN1. The fourth-order valence-corrected chi connectivity index (χ4v) is 1.09. The minimum atomic E-state index is -0.190. The van der Waals surface area contributed by atoms with Crippen molar-refractivity contribution in [1.82, 2.24) is 10.6 Å². The molecule has 1 aliphatic heterocycles. The van der Waals surface area contributed by atoms with Gasteiger partial charge in [-0.15, -0.1) is 0 Å². The summed E-state index contributed by atoms with van der Waals surface area (Å²) in [6.07, 6.45) is 0. The van der Waals surface area contributed by atoms with Gasteiger partial charge in [-0.25, -0.2) is 0 Å². The molecule has 11 heavy (non-hydrogen) atoms. The lowest BCUT2D eigenvalue weighted by atomic mass is 10.2. The monoisotopic (exact) mass is 158 g/mol. The summed E-state index contributed by atoms with van der Waals surface area (Å²) in [5.74, 6) is -0.190. The maximum absolute atomic E-state index is 10.9. The second-order valence-electron chi connectivity index (χ2n) is 2.79. The highest BCUT2D eigenvalue weighted by Crippen LogP contribution is 1.94. The maximum atomic E-state index is 10.9. The summed E-state index contributed by atoms with van der Waals surface area (Å²) in [6.45, 7) is 3.55. The molecule has 0 amide bonds. The lowest BCUT2D eigenvalue weighted by molar-refractivity contribution is -0.143. The average molecular weight is 158 g/mol. The highest BCUT2D eigenvalue weighted by atomic mass is 16.5. The molecule has 1 heterocycles. The first-order valence-corrected chi connectivity index (χ1v) is 3.78. The lowest BCUT2D eigenvalue weighted by Crippen LogP contribution is -2.56. The minimum Gasteiger partial charge on any atom is -0.468 e. The molecule has 1 unspecified atom stereocenters. The van der Waals surface area contributed by atoms with E-state index in [-0.39, 0.29) is 12.0 Å². The topological polar surface area (TPSA) is 50.4 Å². The molecule has 1 fully saturated rings. The number of ether oxygens (including phenoxy) is 1. The fraction of sp³-hybridized carbons (Fsp3) is 0.857. The Morgan fingerprint density at radius 2 is 2.18 bits per heavy atom. The van der Waals surface area contributed by atoms with E-state index in [1.54, 1.807) is 0 Å². The predicted octanol–water partition coefficient (Wildman–Crippen LogP) is -0.891. The summed E-state index contributed by atoms with van der Waals surface area (Å²) in [6, 6.07) is 0.270. The number of hydrogen-bond donors (Lipinski definition) is 2. The van der Waals surface area contributed by atoms with Gasteiger partial charge in [0, 0.05) is 19.1 Å². The van der Waals surface area contributed by atoms with Crippen LogP contribution in [0.25, 0.3) is 0 Å². The van der Waals surface area contributed by atoms with E-state index in [2.05, 4.69) is 22.3 Å². The van der Waals surface area contributed by atoms with E-state index < -0.39 is 0 Å². The van der Waals surface area contributed by atoms with Crippen molar-refractivity contribution in [1.29, 1.82) is 0 Å². The van der Waals surface area contributed by atoms with Gasteiger partial charge in [-0.3, -0.25) is 4.79 Å². The van der Waals surface area contributed by atoms with Crippen LogP contribution in [0, 0.1) is 0 Å². The van der Waals surface area contributed by atoms with E-state index in [1.807, 2.05) is 0 Å². The molecule has 4 nitrogen and oxygen atoms in total. The van der Waals surface area contributed by atoms with Gasteiger partial charge in [0.1, 0.15) is 6.04 Å². The van der Waals surface area contributed by atoms with Gasteiger partial charge in [0.25, 0.3) is 0 Å². The normalized spacial score (nSPS) is 31.5. The van der Waals surface area contributed by atoms with Crippen molar-refractivity contribution < 1.29 is 9.53 Å². The minimum absolute atomic E-state index is 0.170. The van der Waals surface area contributed by atoms with Crippen molar-refractivity contribution in [3.05, 3.63) is 0 Å². The van der Waals surface area contributed by atoms with Crippen molar-refractivity contribution in [2.24, 2.45) is 0 Å². The number of methoxy groups -OCH3 is 1. The molecule has 0 aromatic carbocycles. The van der Waals surface area contributed by atoms with Crippen LogP contribution in [0.1, 0.15) is 6.92 Å². The average Bonchev–Trinajstić information content (AvgIpc) is 2.05. The number of hydrogen-bond acceptors (Lipinski definition) is 4. The lowest BCUT2D eigenvalue weighted by Gasteiger charge is -2.26. The Bertz CT molecular complexity index is 141. The third-order valence-electron chi connectivity index (χ3n) is 1.83. The second kappa shape index (κ2) is 3.69. The Morgan fingerprint density at radius 1 is 1.45 bits per heavy atom. The Kier molecular flexibility index (Phi) is 2.84. The van der Waals surface area contributed by atoms with Crippen LogP contribution in [0.5, 0.6) is 0 Å². The first-order chi connectivity index (χ1) is 5.24. The zero-order valence-corrected chi connectivity index (χ0v) is 6.89. The summed E-state index contributed by atoms with van der Waals surface area (Å²) in [5.41, 5.74) is 0. The molecule has 0 aromatic rings. The third-order valence-corrected chi connectivity index (χ3v) is 1.83. The number of carbonyl (C=O) groups excluding carboxylic acids is 1. The van der Waals surface area contributed by atoms with E-state index in [0.29, 0.717) is 12.6 Å². The molecule has 4 heteroatoms. The van der Waals surface area contributed by atoms with Gasteiger partial charge in [0.2, 0.25) is 0 Å². The number of rotatable bonds is 1. The summed E-state index contributed by atoms with van der Waals surface area (Å²) < 4.78 is 4.58. The Hall–Kier alpha value is -0.610. The van der Waals surface area contributed by atoms with Crippen molar-refractivity contribution in [3.63, 3.8) is 0 Å². The molecule has 64 valence electrons. The zero-order valence-electron chi connectivity index (χ0n) is 6.89. The van der Waals surface area contributed by atoms with Crippen molar-refractivity contribution in [2.45, 2.75) is 19.0 Å². The van der Waals surface area contributed by atoms with Crippen LogP contribution in [-0.2, 0) is 9.53 Å². The van der Waals surface area contributed by atoms with Gasteiger partial charge in [0.05, 0.1) is 7.11 Å². The Balaban J connectivity index is 2.33. The second-order valence-corrected chi connectivity index (χ2v) is 2.79. The zero-order chi connectivity index (χ0) is 8.27. The fourth-order valence-electron chi connectivity index (χ4n) is 1.09. The van der Waals surface area contributed by atoms with Crippen LogP contribution in [-0.4, -0.2) is 38.3 Å². The first kappa shape index (κ1) is 8.49. The molecular weight excluding hydrogens is 144 g/mol. The highest BCUT2D eigenvalue weighted by molar-refractivity contribution is 5.76. The molecule has 0 bridgehead atoms. The van der Waals surface area contributed by atoms with E-state index in [1.165, 1.54) is 7.11 Å². The molecule has 0 spiro atoms. The van der Waals surface area contributed by atoms with Crippen LogP contribution in [0.3, 0.4) is 0 Å². The van der Waals surface area contributed by atoms with Crippen LogP contribution in [0.2, 0.25) is 0 Å². The Morgan fingerprint density at radius 3 is 2.64 bits per heavy atom. The van der Waals surface area contributed by atoms with E-state index in [4.69, 9.17) is 0 Å². The summed E-state index contributed by atoms with van der Waals surface area (Å²) >= 11 is 0. The number of nitrogens with one attached hydrogen (secondary N) is 2. The summed E-state index contributed by atoms with van der Waals surface area (Å²) in [5, 5.41) is 6.27. The van der Waals surface area contributed by atoms with Gasteiger partial charge in [-0.1, -0.05) is 0 Å². The summed E-state index contributed by atoms with van der Waals surface area (Å²) in [7, 11) is 1.40. The molecule has 0 saturated carbocycles. The predicted molar refractivity (Wildman–Crippen MR) is 41.3 cm³/mol. The number of piperazine rings is 1. The summed E-state index contributed by atoms with van der Waals surface area (Å²) in [4.78, 5) is 10.9. The van der Waals surface area contributed by atoms with Crippen molar-refractivity contribution >= 4 is 5.97 Å². The van der Waals surface area contributed by atoms with Gasteiger partial charge < -0.3 is 15.4 Å². The van der Waals surface area contributed by atoms with Crippen molar-refractivity contribution in [2.75, 3.05) is 20.2 Å². The van der Waals surface area contributed by atoms with E-state index >= 15 is 0 Å². The molecule has 1 aliphatic rings. The largest absolute Gasteiger partial charge is 0.468 e. The van der Waals surface area contributed by atoms with Crippen LogP contribution < -0.4 is 10.6 Å². The molecule has 1 rings (SSSR count). The molecular formula is C7H14N2O2. The number of esters is 1. The van der Waals surface area contributed by atoms with Crippen LogP contribution >= 0.6 is 0 Å². The number of carbonyl (C=O) groups is 1.